The molecule has 0 bridgehead atoms. The predicted molar refractivity (Wildman–Crippen MR) is 71.0 cm³/mol. The molecule has 1 aliphatic rings. The minimum atomic E-state index is -0.189. The number of benzene rings is 1. The van der Waals surface area contributed by atoms with E-state index in [0.29, 0.717) is 6.54 Å². The summed E-state index contributed by atoms with van der Waals surface area (Å²) in [7, 11) is 3.09. The van der Waals surface area contributed by atoms with E-state index in [1.165, 1.54) is 17.6 Å². The van der Waals surface area contributed by atoms with Gasteiger partial charge in [0, 0.05) is 23.7 Å². The molecule has 1 heterocycles. The molecule has 0 atom stereocenters. The summed E-state index contributed by atoms with van der Waals surface area (Å²) in [6.07, 6.45) is 0. The Morgan fingerprint density at radius 2 is 2.28 bits per heavy atom. The van der Waals surface area contributed by atoms with E-state index in [-0.39, 0.29) is 5.97 Å². The lowest BCUT2D eigenvalue weighted by molar-refractivity contribution is -0.142. The number of carbonyl (C=O) groups excluding carboxylic acids is 1. The zero-order valence-electron chi connectivity index (χ0n) is 10.6. The van der Waals surface area contributed by atoms with E-state index in [2.05, 4.69) is 11.0 Å². The van der Waals surface area contributed by atoms with Crippen molar-refractivity contribution in [3.8, 4) is 5.75 Å². The first-order valence-electron chi connectivity index (χ1n) is 5.82. The van der Waals surface area contributed by atoms with Crippen LogP contribution in [0, 0.1) is 0 Å². The number of nitrogens with zero attached hydrogens (tertiary/aromatic N) is 1. The number of esters is 1. The second kappa shape index (κ2) is 6.11. The molecule has 4 nitrogen and oxygen atoms in total. The first-order valence-corrected chi connectivity index (χ1v) is 6.80. The number of hydrogen-bond acceptors (Lipinski definition) is 5. The highest BCUT2D eigenvalue weighted by Crippen LogP contribution is 2.30. The van der Waals surface area contributed by atoms with Gasteiger partial charge in [-0.1, -0.05) is 0 Å². The number of ether oxygens (including phenoxy) is 2. The molecule has 1 aromatic rings. The van der Waals surface area contributed by atoms with Crippen LogP contribution in [-0.4, -0.2) is 43.9 Å². The lowest BCUT2D eigenvalue weighted by Crippen LogP contribution is -2.31. The predicted octanol–water partition coefficient (Wildman–Crippen LogP) is 1.78. The molecular weight excluding hydrogens is 250 g/mol. The topological polar surface area (TPSA) is 38.8 Å². The van der Waals surface area contributed by atoms with Crippen molar-refractivity contribution in [1.82, 2.24) is 4.90 Å². The first kappa shape index (κ1) is 13.2. The van der Waals surface area contributed by atoms with Gasteiger partial charge in [0.1, 0.15) is 5.75 Å². The van der Waals surface area contributed by atoms with Crippen molar-refractivity contribution in [3.05, 3.63) is 23.8 Å². The Morgan fingerprint density at radius 3 is 3.00 bits per heavy atom. The Kier molecular flexibility index (Phi) is 4.49. The fourth-order valence-corrected chi connectivity index (χ4v) is 2.98. The molecule has 0 amide bonds. The van der Waals surface area contributed by atoms with Gasteiger partial charge in [-0.3, -0.25) is 9.69 Å². The number of thioether (sulfide) groups is 1. The molecule has 0 aromatic heterocycles. The molecule has 0 saturated carbocycles. The fraction of sp³-hybridized carbons (Fsp3) is 0.462. The second-order valence-corrected chi connectivity index (χ2v) is 5.25. The third kappa shape index (κ3) is 3.17. The van der Waals surface area contributed by atoms with Crippen LogP contribution < -0.4 is 4.74 Å². The Morgan fingerprint density at radius 1 is 1.44 bits per heavy atom. The molecular formula is C13H17NO3S. The number of hydrogen-bond donors (Lipinski definition) is 0. The van der Waals surface area contributed by atoms with Gasteiger partial charge in [0.2, 0.25) is 0 Å². The van der Waals surface area contributed by atoms with Crippen molar-refractivity contribution >= 4 is 17.7 Å². The molecule has 0 spiro atoms. The Labute approximate surface area is 111 Å². The standard InChI is InChI=1S/C13H17NO3S/c1-16-11-3-4-12-10(7-11)8-14(5-6-18-12)9-13(15)17-2/h3-4,7H,5-6,8-9H2,1-2H3. The van der Waals surface area contributed by atoms with Crippen LogP contribution in [0.2, 0.25) is 0 Å². The van der Waals surface area contributed by atoms with Gasteiger partial charge in [-0.05, 0) is 23.8 Å². The zero-order valence-corrected chi connectivity index (χ0v) is 11.5. The highest BCUT2D eigenvalue weighted by atomic mass is 32.2. The molecule has 0 N–H and O–H groups in total. The number of rotatable bonds is 3. The van der Waals surface area contributed by atoms with E-state index in [1.54, 1.807) is 7.11 Å². The maximum atomic E-state index is 11.3. The monoisotopic (exact) mass is 267 g/mol. The van der Waals surface area contributed by atoms with E-state index < -0.39 is 0 Å². The third-order valence-corrected chi connectivity index (χ3v) is 4.00. The van der Waals surface area contributed by atoms with Gasteiger partial charge >= 0.3 is 5.97 Å². The largest absolute Gasteiger partial charge is 0.497 e. The van der Waals surface area contributed by atoms with Crippen molar-refractivity contribution in [2.75, 3.05) is 33.1 Å². The van der Waals surface area contributed by atoms with Gasteiger partial charge in [0.05, 0.1) is 20.8 Å². The Hall–Kier alpha value is -1.20. The number of methoxy groups -OCH3 is 2. The van der Waals surface area contributed by atoms with Crippen LogP contribution in [0.3, 0.4) is 0 Å². The van der Waals surface area contributed by atoms with Gasteiger partial charge in [0.15, 0.2) is 0 Å². The second-order valence-electron chi connectivity index (χ2n) is 4.11. The average molecular weight is 267 g/mol. The fourth-order valence-electron chi connectivity index (χ4n) is 1.93. The highest BCUT2D eigenvalue weighted by Gasteiger charge is 2.17. The lowest BCUT2D eigenvalue weighted by Gasteiger charge is -2.18. The molecule has 1 aromatic carbocycles. The van der Waals surface area contributed by atoms with E-state index in [9.17, 15) is 4.79 Å². The maximum absolute atomic E-state index is 11.3. The summed E-state index contributed by atoms with van der Waals surface area (Å²) in [6, 6.07) is 6.10. The number of carbonyl (C=O) groups is 1. The molecule has 1 aliphatic heterocycles. The molecule has 5 heteroatoms. The van der Waals surface area contributed by atoms with Gasteiger partial charge in [-0.15, -0.1) is 11.8 Å². The SMILES string of the molecule is COC(=O)CN1CCSc2ccc(OC)cc2C1. The molecule has 0 unspecified atom stereocenters. The van der Waals surface area contributed by atoms with Crippen LogP contribution in [0.15, 0.2) is 23.1 Å². The van der Waals surface area contributed by atoms with Crippen molar-refractivity contribution in [3.63, 3.8) is 0 Å². The van der Waals surface area contributed by atoms with Gasteiger partial charge in [-0.25, -0.2) is 0 Å². The van der Waals surface area contributed by atoms with E-state index in [1.807, 2.05) is 23.9 Å². The molecule has 0 fully saturated rings. The summed E-state index contributed by atoms with van der Waals surface area (Å²) in [5.74, 6) is 1.65. The quantitative estimate of drug-likeness (QED) is 0.781. The first-order chi connectivity index (χ1) is 8.72. The molecule has 0 saturated heterocycles. The third-order valence-electron chi connectivity index (χ3n) is 2.91. The van der Waals surface area contributed by atoms with E-state index >= 15 is 0 Å². The lowest BCUT2D eigenvalue weighted by atomic mass is 10.2. The smallest absolute Gasteiger partial charge is 0.319 e. The molecule has 0 radical (unpaired) electrons. The van der Waals surface area contributed by atoms with Crippen molar-refractivity contribution in [2.45, 2.75) is 11.4 Å². The zero-order chi connectivity index (χ0) is 13.0. The van der Waals surface area contributed by atoms with Crippen molar-refractivity contribution < 1.29 is 14.3 Å². The maximum Gasteiger partial charge on any atom is 0.319 e. The summed E-state index contributed by atoms with van der Waals surface area (Å²) in [5.41, 5.74) is 1.21. The normalized spacial score (nSPS) is 15.7. The van der Waals surface area contributed by atoms with Gasteiger partial charge in [-0.2, -0.15) is 0 Å². The molecule has 2 rings (SSSR count). The van der Waals surface area contributed by atoms with E-state index in [0.717, 1.165) is 24.6 Å². The average Bonchev–Trinajstić information content (AvgIpc) is 2.59. The van der Waals surface area contributed by atoms with E-state index in [4.69, 9.17) is 9.47 Å². The van der Waals surface area contributed by atoms with Crippen LogP contribution in [0.25, 0.3) is 0 Å². The van der Waals surface area contributed by atoms with Crippen LogP contribution >= 0.6 is 11.8 Å². The van der Waals surface area contributed by atoms with Crippen molar-refractivity contribution in [1.29, 1.82) is 0 Å². The minimum Gasteiger partial charge on any atom is -0.497 e. The Balaban J connectivity index is 2.14. The number of fused-ring (bicyclic) bond motifs is 1. The van der Waals surface area contributed by atoms with Gasteiger partial charge in [0.25, 0.3) is 0 Å². The highest BCUT2D eigenvalue weighted by molar-refractivity contribution is 7.99. The van der Waals surface area contributed by atoms with Crippen LogP contribution in [0.1, 0.15) is 5.56 Å². The summed E-state index contributed by atoms with van der Waals surface area (Å²) in [4.78, 5) is 14.7. The molecule has 0 aliphatic carbocycles. The molecule has 98 valence electrons. The summed E-state index contributed by atoms with van der Waals surface area (Å²) in [5, 5.41) is 0. The summed E-state index contributed by atoms with van der Waals surface area (Å²) < 4.78 is 9.95. The summed E-state index contributed by atoms with van der Waals surface area (Å²) >= 11 is 1.82. The van der Waals surface area contributed by atoms with Crippen LogP contribution in [0.4, 0.5) is 0 Å². The minimum absolute atomic E-state index is 0.189. The molecule has 18 heavy (non-hydrogen) atoms. The van der Waals surface area contributed by atoms with Crippen LogP contribution in [-0.2, 0) is 16.1 Å². The Bertz CT molecular complexity index is 436. The van der Waals surface area contributed by atoms with Crippen molar-refractivity contribution in [2.24, 2.45) is 0 Å². The summed E-state index contributed by atoms with van der Waals surface area (Å²) in [6.45, 7) is 1.99. The van der Waals surface area contributed by atoms with Crippen LogP contribution in [0.5, 0.6) is 5.75 Å². The van der Waals surface area contributed by atoms with Gasteiger partial charge < -0.3 is 9.47 Å².